The van der Waals surface area contributed by atoms with Gasteiger partial charge < -0.3 is 9.52 Å². The van der Waals surface area contributed by atoms with Gasteiger partial charge in [-0.3, -0.25) is 0 Å². The molecule has 0 fully saturated rings. The molecule has 0 spiro atoms. The van der Waals surface area contributed by atoms with Gasteiger partial charge in [0.25, 0.3) is 0 Å². The van der Waals surface area contributed by atoms with Crippen LogP contribution < -0.4 is 0 Å². The van der Waals surface area contributed by atoms with Crippen LogP contribution in [-0.2, 0) is 13.0 Å². The summed E-state index contributed by atoms with van der Waals surface area (Å²) in [5.74, 6) is 2.62. The molecule has 0 aliphatic heterocycles. The number of furan rings is 1. The molecule has 116 valence electrons. The zero-order valence-corrected chi connectivity index (χ0v) is 13.4. The van der Waals surface area contributed by atoms with Gasteiger partial charge in [0.05, 0.1) is 18.2 Å². The number of rotatable bonds is 6. The van der Waals surface area contributed by atoms with Crippen LogP contribution in [0, 0.1) is 6.92 Å². The molecular weight excluding hydrogens is 300 g/mol. The van der Waals surface area contributed by atoms with E-state index in [1.54, 1.807) is 16.0 Å². The van der Waals surface area contributed by atoms with Crippen LogP contribution in [0.4, 0.5) is 0 Å². The lowest BCUT2D eigenvalue weighted by Crippen LogP contribution is -2.06. The molecule has 0 saturated carbocycles. The van der Waals surface area contributed by atoms with Gasteiger partial charge in [-0.1, -0.05) is 6.92 Å². The first-order valence-corrected chi connectivity index (χ1v) is 8.16. The van der Waals surface area contributed by atoms with Crippen molar-refractivity contribution in [1.82, 2.24) is 19.7 Å². The molecule has 22 heavy (non-hydrogen) atoms. The lowest BCUT2D eigenvalue weighted by Gasteiger charge is -2.00. The number of hydrogen-bond donors (Lipinski definition) is 1. The van der Waals surface area contributed by atoms with Crippen LogP contribution in [0.3, 0.4) is 0 Å². The number of aryl methyl sites for hydroxylation is 2. The van der Waals surface area contributed by atoms with Crippen LogP contribution >= 0.6 is 11.3 Å². The molecule has 0 atom stereocenters. The van der Waals surface area contributed by atoms with Gasteiger partial charge in [0.2, 0.25) is 5.82 Å². The predicted molar refractivity (Wildman–Crippen MR) is 84.6 cm³/mol. The molecule has 0 saturated heterocycles. The number of aliphatic hydroxyl groups excluding tert-OH is 1. The van der Waals surface area contributed by atoms with Gasteiger partial charge in [-0.15, -0.1) is 16.4 Å². The van der Waals surface area contributed by atoms with E-state index >= 15 is 0 Å². The van der Waals surface area contributed by atoms with Crippen LogP contribution in [0.25, 0.3) is 23.1 Å². The largest absolute Gasteiger partial charge is 0.458 e. The maximum Gasteiger partial charge on any atom is 0.217 e. The van der Waals surface area contributed by atoms with Gasteiger partial charge in [0.15, 0.2) is 11.6 Å². The minimum Gasteiger partial charge on any atom is -0.458 e. The zero-order chi connectivity index (χ0) is 15.5. The number of nitrogens with zero attached hydrogens (tertiary/aromatic N) is 4. The molecule has 0 aliphatic rings. The Hall–Kier alpha value is -1.99. The molecule has 0 radical (unpaired) electrons. The van der Waals surface area contributed by atoms with E-state index in [0.29, 0.717) is 24.0 Å². The topological polar surface area (TPSA) is 77.0 Å². The Morgan fingerprint density at radius 1 is 1.32 bits per heavy atom. The van der Waals surface area contributed by atoms with E-state index in [1.807, 2.05) is 24.4 Å². The smallest absolute Gasteiger partial charge is 0.217 e. The average Bonchev–Trinajstić information content (AvgIpc) is 3.19. The molecule has 6 nitrogen and oxygen atoms in total. The molecule has 3 aromatic rings. The molecule has 0 aliphatic carbocycles. The second-order valence-corrected chi connectivity index (χ2v) is 5.94. The first-order chi connectivity index (χ1) is 10.7. The van der Waals surface area contributed by atoms with E-state index in [0.717, 1.165) is 29.3 Å². The van der Waals surface area contributed by atoms with Gasteiger partial charge in [-0.25, -0.2) is 14.6 Å². The third kappa shape index (κ3) is 2.95. The molecule has 1 N–H and O–H groups in total. The normalized spacial score (nSPS) is 11.2. The lowest BCUT2D eigenvalue weighted by molar-refractivity contribution is 0.270. The van der Waals surface area contributed by atoms with E-state index in [4.69, 9.17) is 4.42 Å². The summed E-state index contributed by atoms with van der Waals surface area (Å²) in [5.41, 5.74) is 0.795. The highest BCUT2D eigenvalue weighted by Crippen LogP contribution is 2.25. The third-order valence-corrected chi connectivity index (χ3v) is 4.10. The van der Waals surface area contributed by atoms with Crippen LogP contribution in [-0.4, -0.2) is 31.5 Å². The molecule has 0 bridgehead atoms. The summed E-state index contributed by atoms with van der Waals surface area (Å²) in [5, 5.41) is 16.7. The lowest BCUT2D eigenvalue weighted by atomic mass is 10.3. The maximum atomic E-state index is 9.23. The average molecular weight is 318 g/mol. The monoisotopic (exact) mass is 318 g/mol. The van der Waals surface area contributed by atoms with Crippen molar-refractivity contribution in [2.24, 2.45) is 0 Å². The first-order valence-electron chi connectivity index (χ1n) is 7.28. The van der Waals surface area contributed by atoms with E-state index in [9.17, 15) is 5.11 Å². The molecular formula is C15H18N4O2S. The van der Waals surface area contributed by atoms with Crippen LogP contribution in [0.2, 0.25) is 0 Å². The highest BCUT2D eigenvalue weighted by Gasteiger charge is 2.17. The van der Waals surface area contributed by atoms with Crippen LogP contribution in [0.15, 0.2) is 21.9 Å². The van der Waals surface area contributed by atoms with Gasteiger partial charge in [0, 0.05) is 5.38 Å². The summed E-state index contributed by atoms with van der Waals surface area (Å²) in [6.07, 6.45) is 2.02. The van der Waals surface area contributed by atoms with Crippen molar-refractivity contribution in [2.75, 3.05) is 6.61 Å². The number of aromatic nitrogens is 4. The Morgan fingerprint density at radius 3 is 2.86 bits per heavy atom. The van der Waals surface area contributed by atoms with Crippen molar-refractivity contribution >= 4 is 11.3 Å². The van der Waals surface area contributed by atoms with Gasteiger partial charge in [-0.2, -0.15) is 0 Å². The van der Waals surface area contributed by atoms with Gasteiger partial charge in [-0.05, 0) is 31.9 Å². The Kier molecular flexibility index (Phi) is 4.35. The molecule has 0 unspecified atom stereocenters. The van der Waals surface area contributed by atoms with Crippen molar-refractivity contribution in [1.29, 1.82) is 0 Å². The van der Waals surface area contributed by atoms with E-state index < -0.39 is 0 Å². The minimum atomic E-state index is -0.00105. The molecule has 0 aromatic carbocycles. The second-order valence-electron chi connectivity index (χ2n) is 4.99. The molecule has 3 rings (SSSR count). The van der Waals surface area contributed by atoms with Crippen LogP contribution in [0.1, 0.15) is 24.1 Å². The van der Waals surface area contributed by atoms with Crippen LogP contribution in [0.5, 0.6) is 0 Å². The zero-order valence-electron chi connectivity index (χ0n) is 12.6. The minimum absolute atomic E-state index is 0.00105. The highest BCUT2D eigenvalue weighted by molar-refractivity contribution is 7.09. The van der Waals surface area contributed by atoms with Crippen molar-refractivity contribution in [3.63, 3.8) is 0 Å². The van der Waals surface area contributed by atoms with Crippen molar-refractivity contribution in [2.45, 2.75) is 33.2 Å². The Labute approximate surface area is 132 Å². The summed E-state index contributed by atoms with van der Waals surface area (Å²) in [6.45, 7) is 4.39. The fraction of sp³-hybridized carbons (Fsp3) is 0.400. The molecule has 3 heterocycles. The van der Waals surface area contributed by atoms with Gasteiger partial charge >= 0.3 is 0 Å². The summed E-state index contributed by atoms with van der Waals surface area (Å²) in [6, 6.07) is 3.73. The second kappa shape index (κ2) is 6.41. The summed E-state index contributed by atoms with van der Waals surface area (Å²) >= 11 is 1.63. The Bertz CT molecular complexity index is 759. The summed E-state index contributed by atoms with van der Waals surface area (Å²) < 4.78 is 7.26. The molecule has 7 heteroatoms. The summed E-state index contributed by atoms with van der Waals surface area (Å²) in [4.78, 5) is 9.16. The quantitative estimate of drug-likeness (QED) is 0.756. The maximum absolute atomic E-state index is 9.23. The third-order valence-electron chi connectivity index (χ3n) is 3.19. The van der Waals surface area contributed by atoms with E-state index in [1.165, 1.54) is 0 Å². The Balaban J connectivity index is 1.99. The van der Waals surface area contributed by atoms with Gasteiger partial charge in [0.1, 0.15) is 11.5 Å². The SMILES string of the molecule is CCCc1nc(-c2nc(-c3ccc(C)o3)nn2CCO)cs1. The van der Waals surface area contributed by atoms with Crippen molar-refractivity contribution < 1.29 is 9.52 Å². The fourth-order valence-corrected chi connectivity index (χ4v) is 3.06. The van der Waals surface area contributed by atoms with Crippen molar-refractivity contribution in [3.8, 4) is 23.1 Å². The molecule has 3 aromatic heterocycles. The predicted octanol–water partition coefficient (Wildman–Crippen LogP) is 2.91. The number of thiazole rings is 1. The standard InChI is InChI=1S/C15H18N4O2S/c1-3-4-13-16-11(9-22-13)15-17-14(18-19(15)7-8-20)12-6-5-10(2)21-12/h5-6,9,20H,3-4,7-8H2,1-2H3. The molecule has 0 amide bonds. The fourth-order valence-electron chi connectivity index (χ4n) is 2.18. The summed E-state index contributed by atoms with van der Waals surface area (Å²) in [7, 11) is 0. The number of hydrogen-bond acceptors (Lipinski definition) is 6. The van der Waals surface area contributed by atoms with E-state index in [-0.39, 0.29) is 6.61 Å². The van der Waals surface area contributed by atoms with E-state index in [2.05, 4.69) is 22.0 Å². The Morgan fingerprint density at radius 2 is 2.18 bits per heavy atom. The first kappa shape index (κ1) is 14.9. The highest BCUT2D eigenvalue weighted by atomic mass is 32.1. The number of aliphatic hydroxyl groups is 1. The van der Waals surface area contributed by atoms with Crippen molar-refractivity contribution in [3.05, 3.63) is 28.3 Å².